The maximum Gasteiger partial charge on any atom is 0.270 e. The fourth-order valence-corrected chi connectivity index (χ4v) is 3.32. The molecular formula is C18H19N3O4S. The molecule has 0 fully saturated rings. The maximum atomic E-state index is 11.2. The largest absolute Gasteiger partial charge is 0.467 e. The number of rotatable bonds is 4. The normalized spacial score (nSPS) is 13.8. The van der Waals surface area contributed by atoms with Gasteiger partial charge in [-0.25, -0.2) is 4.99 Å². The van der Waals surface area contributed by atoms with Crippen molar-refractivity contribution in [2.24, 2.45) is 10.7 Å². The Balaban J connectivity index is 1.82. The topological polar surface area (TPSA) is 100.0 Å². The van der Waals surface area contributed by atoms with Crippen LogP contribution in [0.1, 0.15) is 22.3 Å². The van der Waals surface area contributed by atoms with Gasteiger partial charge >= 0.3 is 0 Å². The molecule has 0 spiro atoms. The number of amidine groups is 1. The molecule has 1 aliphatic heterocycles. The van der Waals surface area contributed by atoms with Crippen LogP contribution in [0.25, 0.3) is 0 Å². The highest BCUT2D eigenvalue weighted by molar-refractivity contribution is 8.13. The molecule has 7 nitrogen and oxygen atoms in total. The maximum absolute atomic E-state index is 11.2. The van der Waals surface area contributed by atoms with Gasteiger partial charge in [0.25, 0.3) is 5.69 Å². The fourth-order valence-electron chi connectivity index (χ4n) is 2.64. The number of nitrogens with two attached hydrogens (primary N) is 1. The van der Waals surface area contributed by atoms with Crippen molar-refractivity contribution in [3.05, 3.63) is 62.7 Å². The van der Waals surface area contributed by atoms with Crippen LogP contribution in [0.2, 0.25) is 0 Å². The van der Waals surface area contributed by atoms with Crippen molar-refractivity contribution >= 4 is 28.3 Å². The van der Waals surface area contributed by atoms with Crippen molar-refractivity contribution in [2.45, 2.75) is 26.2 Å². The molecule has 2 N–H and O–H groups in total. The Morgan fingerprint density at radius 3 is 2.92 bits per heavy atom. The lowest BCUT2D eigenvalue weighted by Crippen LogP contribution is -2.14. The molecule has 2 aromatic rings. The van der Waals surface area contributed by atoms with Crippen molar-refractivity contribution in [1.82, 2.24) is 0 Å². The van der Waals surface area contributed by atoms with Crippen LogP contribution in [-0.2, 0) is 17.1 Å². The lowest BCUT2D eigenvalue weighted by atomic mass is 10.1. The minimum absolute atomic E-state index is 0.0125. The molecule has 2 aromatic carbocycles. The predicted molar refractivity (Wildman–Crippen MR) is 102 cm³/mol. The molecule has 0 amide bonds. The third kappa shape index (κ3) is 4.14. The molecule has 0 atom stereocenters. The highest BCUT2D eigenvalue weighted by Crippen LogP contribution is 2.35. The lowest BCUT2D eigenvalue weighted by Gasteiger charge is -2.20. The molecule has 1 aliphatic rings. The van der Waals surface area contributed by atoms with Gasteiger partial charge in [-0.05, 0) is 31.0 Å². The second kappa shape index (κ2) is 7.76. The lowest BCUT2D eigenvalue weighted by molar-refractivity contribution is -0.385. The van der Waals surface area contributed by atoms with Gasteiger partial charge in [0.2, 0.25) is 0 Å². The number of thioether (sulfide) groups is 1. The van der Waals surface area contributed by atoms with E-state index in [0.717, 1.165) is 16.8 Å². The molecule has 0 unspecified atom stereocenters. The van der Waals surface area contributed by atoms with Gasteiger partial charge in [0.15, 0.2) is 12.0 Å². The number of nitrogens with zero attached hydrogens (tertiary/aromatic N) is 2. The van der Waals surface area contributed by atoms with E-state index in [2.05, 4.69) is 4.99 Å². The zero-order valence-corrected chi connectivity index (χ0v) is 15.3. The van der Waals surface area contributed by atoms with Crippen LogP contribution in [0.3, 0.4) is 0 Å². The summed E-state index contributed by atoms with van der Waals surface area (Å²) >= 11 is 1.32. The fraction of sp³-hybridized carbons (Fsp3) is 0.278. The molecule has 0 bridgehead atoms. The average molecular weight is 373 g/mol. The van der Waals surface area contributed by atoms with Gasteiger partial charge in [-0.2, -0.15) is 0 Å². The molecule has 0 aromatic heterocycles. The van der Waals surface area contributed by atoms with Gasteiger partial charge in [-0.15, -0.1) is 0 Å². The Morgan fingerprint density at radius 1 is 1.35 bits per heavy atom. The summed E-state index contributed by atoms with van der Waals surface area (Å²) in [6.07, 6.45) is 0. The Labute approximate surface area is 155 Å². The van der Waals surface area contributed by atoms with Crippen LogP contribution in [0.4, 0.5) is 11.4 Å². The predicted octanol–water partition coefficient (Wildman–Crippen LogP) is 3.96. The summed E-state index contributed by atoms with van der Waals surface area (Å²) in [5.41, 5.74) is 10.4. The minimum Gasteiger partial charge on any atom is -0.467 e. The average Bonchev–Trinajstić information content (AvgIpc) is 2.62. The second-order valence-electron chi connectivity index (χ2n) is 5.99. The Bertz CT molecular complexity index is 883. The van der Waals surface area contributed by atoms with Crippen LogP contribution in [0, 0.1) is 24.0 Å². The highest BCUT2D eigenvalue weighted by Gasteiger charge is 2.21. The number of non-ortho nitro benzene ring substituents is 1. The molecule has 0 saturated carbocycles. The Hall–Kier alpha value is -2.58. The van der Waals surface area contributed by atoms with Crippen molar-refractivity contribution in [3.63, 3.8) is 0 Å². The number of aliphatic imine (C=N–C) groups is 1. The van der Waals surface area contributed by atoms with Crippen LogP contribution < -0.4 is 10.5 Å². The first-order chi connectivity index (χ1) is 12.4. The van der Waals surface area contributed by atoms with Crippen molar-refractivity contribution in [1.29, 1.82) is 0 Å². The molecule has 136 valence electrons. The smallest absolute Gasteiger partial charge is 0.270 e. The van der Waals surface area contributed by atoms with Gasteiger partial charge < -0.3 is 15.2 Å². The zero-order chi connectivity index (χ0) is 18.7. The third-order valence-corrected chi connectivity index (χ3v) is 4.80. The second-order valence-corrected chi connectivity index (χ2v) is 6.99. The number of hydrogen-bond donors (Lipinski definition) is 1. The van der Waals surface area contributed by atoms with Gasteiger partial charge in [-0.3, -0.25) is 10.1 Å². The molecule has 0 radical (unpaired) electrons. The summed E-state index contributed by atoms with van der Waals surface area (Å²) in [4.78, 5) is 15.2. The number of fused-ring (bicyclic) bond motifs is 1. The molecule has 26 heavy (non-hydrogen) atoms. The SMILES string of the molecule is Cc1ccc(C)c(N=C(N)SCc2cc([N+](=O)[O-])cc3c2OCOC3)c1. The van der Waals surface area contributed by atoms with E-state index < -0.39 is 4.92 Å². The summed E-state index contributed by atoms with van der Waals surface area (Å²) < 4.78 is 10.8. The van der Waals surface area contributed by atoms with E-state index in [1.54, 1.807) is 0 Å². The van der Waals surface area contributed by atoms with Gasteiger partial charge in [-0.1, -0.05) is 23.9 Å². The van der Waals surface area contributed by atoms with Crippen molar-refractivity contribution in [3.8, 4) is 5.75 Å². The highest BCUT2D eigenvalue weighted by atomic mass is 32.2. The van der Waals surface area contributed by atoms with E-state index >= 15 is 0 Å². The molecule has 3 rings (SSSR count). The standard InChI is InChI=1S/C18H19N3O4S/c1-11-3-4-12(2)16(5-11)20-18(19)26-9-14-7-15(21(22)23)6-13-8-24-10-25-17(13)14/h3-7H,8-10H2,1-2H3,(H2,19,20). The van der Waals surface area contributed by atoms with E-state index in [0.29, 0.717) is 34.4 Å². The summed E-state index contributed by atoms with van der Waals surface area (Å²) in [5.74, 6) is 1.05. The number of aryl methyl sites for hydroxylation is 2. The number of benzene rings is 2. The van der Waals surface area contributed by atoms with Crippen molar-refractivity contribution < 1.29 is 14.4 Å². The van der Waals surface area contributed by atoms with Crippen LogP contribution >= 0.6 is 11.8 Å². The number of nitro benzene ring substituents is 1. The minimum atomic E-state index is -0.420. The third-order valence-electron chi connectivity index (χ3n) is 3.95. The van der Waals surface area contributed by atoms with Gasteiger partial charge in [0, 0.05) is 29.0 Å². The van der Waals surface area contributed by atoms with E-state index in [4.69, 9.17) is 15.2 Å². The zero-order valence-electron chi connectivity index (χ0n) is 14.5. The number of ether oxygens (including phenoxy) is 2. The quantitative estimate of drug-likeness (QED) is 0.377. The Kier molecular flexibility index (Phi) is 5.43. The summed E-state index contributed by atoms with van der Waals surface area (Å²) in [6.45, 7) is 4.40. The molecule has 0 aliphatic carbocycles. The summed E-state index contributed by atoms with van der Waals surface area (Å²) in [6, 6.07) is 8.99. The number of nitro groups is 1. The first kappa shape index (κ1) is 18.2. The van der Waals surface area contributed by atoms with Crippen LogP contribution in [0.5, 0.6) is 5.75 Å². The molecule has 1 heterocycles. The van der Waals surface area contributed by atoms with E-state index in [-0.39, 0.29) is 12.5 Å². The van der Waals surface area contributed by atoms with E-state index in [9.17, 15) is 10.1 Å². The number of hydrogen-bond acceptors (Lipinski definition) is 6. The summed E-state index contributed by atoms with van der Waals surface area (Å²) in [7, 11) is 0. The van der Waals surface area contributed by atoms with E-state index in [1.165, 1.54) is 23.9 Å². The van der Waals surface area contributed by atoms with Gasteiger partial charge in [0.05, 0.1) is 17.2 Å². The summed E-state index contributed by atoms with van der Waals surface area (Å²) in [5, 5.41) is 11.6. The molecular weight excluding hydrogens is 354 g/mol. The molecule has 8 heteroatoms. The van der Waals surface area contributed by atoms with Gasteiger partial charge in [0.1, 0.15) is 5.75 Å². The Morgan fingerprint density at radius 2 is 2.15 bits per heavy atom. The first-order valence-corrected chi connectivity index (χ1v) is 8.97. The molecule has 0 saturated heterocycles. The monoisotopic (exact) mass is 373 g/mol. The van der Waals surface area contributed by atoms with Crippen LogP contribution in [-0.4, -0.2) is 16.9 Å². The van der Waals surface area contributed by atoms with Crippen LogP contribution in [0.15, 0.2) is 35.3 Å². The van der Waals surface area contributed by atoms with Crippen molar-refractivity contribution in [2.75, 3.05) is 6.79 Å². The van der Waals surface area contributed by atoms with E-state index in [1.807, 2.05) is 32.0 Å². The first-order valence-electron chi connectivity index (χ1n) is 7.99.